The van der Waals surface area contributed by atoms with Crippen LogP contribution in [0.5, 0.6) is 0 Å². The molecule has 1 aliphatic rings. The maximum absolute atomic E-state index is 6.82. The zero-order chi connectivity index (χ0) is 39.5. The summed E-state index contributed by atoms with van der Waals surface area (Å²) in [6, 6.07) is 57.5. The highest BCUT2D eigenvalue weighted by molar-refractivity contribution is 6.16. The number of aromatic nitrogens is 4. The Balaban J connectivity index is 1.10. The Bertz CT molecular complexity index is 3790. The van der Waals surface area contributed by atoms with Crippen LogP contribution in [0.1, 0.15) is 36.2 Å². The minimum absolute atomic E-state index is 0.310. The van der Waals surface area contributed by atoms with Crippen LogP contribution in [0.2, 0.25) is 0 Å². The molecule has 8 aromatic carbocycles. The normalized spacial score (nSPS) is 14.3. The smallest absolute Gasteiger partial charge is 0.164 e. The second kappa shape index (κ2) is 12.6. The van der Waals surface area contributed by atoms with E-state index in [9.17, 15) is 0 Å². The van der Waals surface area contributed by atoms with Gasteiger partial charge in [0.15, 0.2) is 23.1 Å². The molecule has 4 aromatic heterocycles. The molecule has 0 radical (unpaired) electrons. The minimum atomic E-state index is 0.310. The number of hydrogen-bond donors (Lipinski definition) is 0. The lowest BCUT2D eigenvalue weighted by Gasteiger charge is -2.22. The second-order valence-electron chi connectivity index (χ2n) is 16.1. The van der Waals surface area contributed by atoms with Crippen LogP contribution < -0.4 is 0 Å². The first-order chi connectivity index (χ1) is 29.6. The molecule has 1 atom stereocenters. The Kier molecular flexibility index (Phi) is 6.96. The Morgan fingerprint density at radius 2 is 1.12 bits per heavy atom. The van der Waals surface area contributed by atoms with Crippen molar-refractivity contribution >= 4 is 88.1 Å². The fourth-order valence-corrected chi connectivity index (χ4v) is 9.60. The lowest BCUT2D eigenvalue weighted by atomic mass is 9.84. The highest BCUT2D eigenvalue weighted by atomic mass is 16.3. The topological polar surface area (TPSA) is 69.9 Å². The van der Waals surface area contributed by atoms with E-state index in [0.29, 0.717) is 23.4 Å². The number of rotatable bonds is 4. The summed E-state index contributed by atoms with van der Waals surface area (Å²) in [5, 5.41) is 8.87. The third kappa shape index (κ3) is 4.97. The van der Waals surface area contributed by atoms with Crippen molar-refractivity contribution in [3.05, 3.63) is 181 Å². The quantitative estimate of drug-likeness (QED) is 0.178. The molecule has 6 heteroatoms. The Morgan fingerprint density at radius 1 is 0.483 bits per heavy atom. The van der Waals surface area contributed by atoms with Gasteiger partial charge in [0.25, 0.3) is 0 Å². The predicted octanol–water partition coefficient (Wildman–Crippen LogP) is 14.3. The van der Waals surface area contributed by atoms with Gasteiger partial charge in [0.2, 0.25) is 0 Å². The minimum Gasteiger partial charge on any atom is -0.456 e. The summed E-state index contributed by atoms with van der Waals surface area (Å²) >= 11 is 0. The lowest BCUT2D eigenvalue weighted by Crippen LogP contribution is -2.08. The number of allylic oxidation sites excluding steroid dienone is 1. The molecule has 0 aliphatic heterocycles. The number of hydrogen-bond acceptors (Lipinski definition) is 5. The summed E-state index contributed by atoms with van der Waals surface area (Å²) in [6.45, 7) is 2.28. The molecule has 0 saturated carbocycles. The average molecular weight is 771 g/mol. The summed E-state index contributed by atoms with van der Waals surface area (Å²) < 4.78 is 15.4. The predicted molar refractivity (Wildman–Crippen MR) is 244 cm³/mol. The highest BCUT2D eigenvalue weighted by Gasteiger charge is 2.25. The average Bonchev–Trinajstić information content (AvgIpc) is 3.97. The SMILES string of the molecule is CC1CC(c2nc(-c3ccc4oc5ccccc5c4c3)nc(-c3cc(-n4c5ccccc5c5cc6ccccc6cc54)c4oc5ccccc5c4c3)n2)=Cc2ccccc21. The number of fused-ring (bicyclic) bond motifs is 11. The first-order valence-corrected chi connectivity index (χ1v) is 20.5. The van der Waals surface area contributed by atoms with Crippen LogP contribution in [0.3, 0.4) is 0 Å². The van der Waals surface area contributed by atoms with Crippen molar-refractivity contribution < 1.29 is 8.83 Å². The fourth-order valence-electron chi connectivity index (χ4n) is 9.60. The molecule has 13 rings (SSSR count). The summed E-state index contributed by atoms with van der Waals surface area (Å²) in [7, 11) is 0. The monoisotopic (exact) mass is 770 g/mol. The standard InChI is InChI=1S/C54H34N4O2/c1-31-24-36(25-34-14-4-5-15-38(31)34)53-55-52(35-22-23-50-43(27-35)40-17-7-10-20-48(40)59-50)56-54(57-53)37-28-44-41-18-8-11-21-49(41)60-51(44)47(30-37)58-45-19-9-6-16-39(45)42-26-32-12-2-3-13-33(32)29-46(42)58/h2-23,25-31H,24H2,1H3. The van der Waals surface area contributed by atoms with E-state index in [1.807, 2.05) is 36.4 Å². The summed E-state index contributed by atoms with van der Waals surface area (Å²) in [6.07, 6.45) is 3.07. The van der Waals surface area contributed by atoms with Crippen LogP contribution in [0.15, 0.2) is 173 Å². The summed E-state index contributed by atoms with van der Waals surface area (Å²) in [5.74, 6) is 2.19. The van der Waals surface area contributed by atoms with Crippen LogP contribution in [0, 0.1) is 0 Å². The zero-order valence-electron chi connectivity index (χ0n) is 32.6. The maximum atomic E-state index is 6.82. The molecule has 4 heterocycles. The van der Waals surface area contributed by atoms with Gasteiger partial charge < -0.3 is 13.4 Å². The fraction of sp³-hybridized carbons (Fsp3) is 0.0556. The number of para-hydroxylation sites is 3. The van der Waals surface area contributed by atoms with Crippen LogP contribution in [0.25, 0.3) is 117 Å². The summed E-state index contributed by atoms with van der Waals surface area (Å²) in [4.78, 5) is 16.0. The molecule has 0 spiro atoms. The molecule has 0 saturated heterocycles. The van der Waals surface area contributed by atoms with Gasteiger partial charge in [-0.15, -0.1) is 0 Å². The molecule has 1 unspecified atom stereocenters. The van der Waals surface area contributed by atoms with E-state index in [1.165, 1.54) is 32.7 Å². The molecule has 12 aromatic rings. The van der Waals surface area contributed by atoms with Crippen molar-refractivity contribution in [2.24, 2.45) is 0 Å². The molecule has 0 N–H and O–H groups in total. The summed E-state index contributed by atoms with van der Waals surface area (Å²) in [5.41, 5.74) is 11.8. The van der Waals surface area contributed by atoms with Crippen LogP contribution in [-0.4, -0.2) is 19.5 Å². The van der Waals surface area contributed by atoms with Gasteiger partial charge in [-0.2, -0.15) is 0 Å². The second-order valence-corrected chi connectivity index (χ2v) is 16.1. The van der Waals surface area contributed by atoms with Crippen LogP contribution >= 0.6 is 0 Å². The first-order valence-electron chi connectivity index (χ1n) is 20.5. The van der Waals surface area contributed by atoms with E-state index in [1.54, 1.807) is 0 Å². The molecule has 0 fully saturated rings. The third-order valence-corrected chi connectivity index (χ3v) is 12.4. The molecule has 6 nitrogen and oxygen atoms in total. The maximum Gasteiger partial charge on any atom is 0.164 e. The lowest BCUT2D eigenvalue weighted by molar-refractivity contribution is 0.666. The Labute approximate surface area is 343 Å². The highest BCUT2D eigenvalue weighted by Crippen LogP contribution is 2.43. The van der Waals surface area contributed by atoms with Crippen LogP contribution in [0.4, 0.5) is 0 Å². The van der Waals surface area contributed by atoms with Gasteiger partial charge in [-0.25, -0.2) is 15.0 Å². The van der Waals surface area contributed by atoms with Gasteiger partial charge in [0.1, 0.15) is 16.7 Å². The van der Waals surface area contributed by atoms with E-state index in [4.69, 9.17) is 23.8 Å². The van der Waals surface area contributed by atoms with Crippen molar-refractivity contribution in [2.75, 3.05) is 0 Å². The van der Waals surface area contributed by atoms with Crippen molar-refractivity contribution in [1.82, 2.24) is 19.5 Å². The molecular weight excluding hydrogens is 737 g/mol. The molecule has 60 heavy (non-hydrogen) atoms. The van der Waals surface area contributed by atoms with E-state index < -0.39 is 0 Å². The Hall–Kier alpha value is -7.83. The number of furan rings is 2. The van der Waals surface area contributed by atoms with E-state index in [-0.39, 0.29) is 0 Å². The number of benzene rings is 8. The van der Waals surface area contributed by atoms with Crippen molar-refractivity contribution in [3.63, 3.8) is 0 Å². The largest absolute Gasteiger partial charge is 0.456 e. The van der Waals surface area contributed by atoms with Gasteiger partial charge in [-0.3, -0.25) is 0 Å². The number of nitrogens with zero attached hydrogens (tertiary/aromatic N) is 4. The molecular formula is C54H34N4O2. The van der Waals surface area contributed by atoms with E-state index in [2.05, 4.69) is 145 Å². The van der Waals surface area contributed by atoms with Crippen molar-refractivity contribution in [3.8, 4) is 28.5 Å². The molecule has 0 amide bonds. The zero-order valence-corrected chi connectivity index (χ0v) is 32.6. The van der Waals surface area contributed by atoms with E-state index in [0.717, 1.165) is 83.7 Å². The first kappa shape index (κ1) is 33.2. The van der Waals surface area contributed by atoms with Gasteiger partial charge in [0.05, 0.1) is 16.7 Å². The molecule has 282 valence electrons. The Morgan fingerprint density at radius 3 is 1.97 bits per heavy atom. The van der Waals surface area contributed by atoms with Gasteiger partial charge in [-0.05, 0) is 107 Å². The third-order valence-electron chi connectivity index (χ3n) is 12.4. The van der Waals surface area contributed by atoms with Gasteiger partial charge in [-0.1, -0.05) is 110 Å². The molecule has 0 bridgehead atoms. The molecule has 1 aliphatic carbocycles. The van der Waals surface area contributed by atoms with Gasteiger partial charge >= 0.3 is 0 Å². The van der Waals surface area contributed by atoms with E-state index >= 15 is 0 Å². The van der Waals surface area contributed by atoms with Crippen molar-refractivity contribution in [1.29, 1.82) is 0 Å². The van der Waals surface area contributed by atoms with Crippen LogP contribution in [-0.2, 0) is 0 Å². The van der Waals surface area contributed by atoms with Gasteiger partial charge in [0, 0.05) is 43.4 Å². The van der Waals surface area contributed by atoms with Crippen molar-refractivity contribution in [2.45, 2.75) is 19.3 Å².